The molecule has 0 aromatic heterocycles. The Bertz CT molecular complexity index is 122. The number of rotatable bonds is 5. The molecule has 78 valence electrons. The fourth-order valence-corrected chi connectivity index (χ4v) is 1.95. The molecule has 3 heteroatoms. The van der Waals surface area contributed by atoms with Gasteiger partial charge in [0.2, 0.25) is 0 Å². The molecule has 1 fully saturated rings. The summed E-state index contributed by atoms with van der Waals surface area (Å²) in [5.74, 6) is 0. The molecule has 1 saturated heterocycles. The predicted molar refractivity (Wildman–Crippen MR) is 54.8 cm³/mol. The van der Waals surface area contributed by atoms with Gasteiger partial charge in [0.05, 0.1) is 6.61 Å². The molecule has 0 unspecified atom stereocenters. The van der Waals surface area contributed by atoms with E-state index >= 15 is 0 Å². The second-order valence-electron chi connectivity index (χ2n) is 3.79. The van der Waals surface area contributed by atoms with Gasteiger partial charge in [0.15, 0.2) is 0 Å². The molecular weight excluding hydrogens is 164 g/mol. The van der Waals surface area contributed by atoms with Gasteiger partial charge in [-0.15, -0.1) is 0 Å². The quantitative estimate of drug-likeness (QED) is 0.654. The van der Waals surface area contributed by atoms with Gasteiger partial charge in [-0.25, -0.2) is 0 Å². The molecule has 1 aliphatic heterocycles. The van der Waals surface area contributed by atoms with E-state index in [0.29, 0.717) is 6.04 Å². The van der Waals surface area contributed by atoms with Crippen LogP contribution in [0.5, 0.6) is 0 Å². The third kappa shape index (κ3) is 4.07. The van der Waals surface area contributed by atoms with Crippen molar-refractivity contribution in [1.29, 1.82) is 0 Å². The lowest BCUT2D eigenvalue weighted by Gasteiger charge is -2.32. The molecule has 0 bridgehead atoms. The van der Waals surface area contributed by atoms with Crippen molar-refractivity contribution in [2.45, 2.75) is 32.2 Å². The van der Waals surface area contributed by atoms with Crippen LogP contribution >= 0.6 is 0 Å². The van der Waals surface area contributed by atoms with Gasteiger partial charge in [-0.1, -0.05) is 6.92 Å². The fraction of sp³-hybridized carbons (Fsp3) is 1.00. The molecule has 1 aliphatic rings. The van der Waals surface area contributed by atoms with Crippen LogP contribution in [-0.2, 0) is 0 Å². The Morgan fingerprint density at radius 1 is 1.38 bits per heavy atom. The van der Waals surface area contributed by atoms with Crippen molar-refractivity contribution in [1.82, 2.24) is 10.2 Å². The Labute approximate surface area is 81.1 Å². The summed E-state index contributed by atoms with van der Waals surface area (Å²) in [6.07, 6.45) is 3.73. The first-order valence-electron chi connectivity index (χ1n) is 5.43. The average molecular weight is 186 g/mol. The minimum atomic E-state index is 0.259. The van der Waals surface area contributed by atoms with Crippen LogP contribution in [0, 0.1) is 0 Å². The summed E-state index contributed by atoms with van der Waals surface area (Å²) in [7, 11) is 0. The first-order chi connectivity index (χ1) is 6.36. The lowest BCUT2D eigenvalue weighted by molar-refractivity contribution is 0.191. The van der Waals surface area contributed by atoms with E-state index in [1.54, 1.807) is 0 Å². The summed E-state index contributed by atoms with van der Waals surface area (Å²) in [4.78, 5) is 2.52. The Kier molecular flexibility index (Phi) is 5.35. The van der Waals surface area contributed by atoms with Gasteiger partial charge < -0.3 is 15.3 Å². The van der Waals surface area contributed by atoms with Crippen LogP contribution in [0.2, 0.25) is 0 Å². The van der Waals surface area contributed by atoms with Gasteiger partial charge in [0, 0.05) is 12.6 Å². The van der Waals surface area contributed by atoms with Gasteiger partial charge in [-0.05, 0) is 38.9 Å². The normalized spacial score (nSPS) is 20.8. The highest BCUT2D eigenvalue weighted by Gasteiger charge is 2.17. The molecule has 13 heavy (non-hydrogen) atoms. The average Bonchev–Trinajstić information content (AvgIpc) is 2.17. The van der Waals surface area contributed by atoms with Crippen molar-refractivity contribution < 1.29 is 5.11 Å². The number of hydrogen-bond acceptors (Lipinski definition) is 3. The van der Waals surface area contributed by atoms with Crippen LogP contribution in [0.1, 0.15) is 26.2 Å². The maximum Gasteiger partial charge on any atom is 0.0556 e. The van der Waals surface area contributed by atoms with Crippen molar-refractivity contribution in [3.8, 4) is 0 Å². The third-order valence-electron chi connectivity index (χ3n) is 2.67. The molecule has 0 aromatic rings. The standard InChI is InChI=1S/C10H22N2O/c1-2-6-12-7-3-10(4-8-12)11-5-9-13/h10-11,13H,2-9H2,1H3. The maximum absolute atomic E-state index is 8.66. The van der Waals surface area contributed by atoms with E-state index in [9.17, 15) is 0 Å². The molecule has 0 amide bonds. The van der Waals surface area contributed by atoms with E-state index in [-0.39, 0.29) is 6.61 Å². The molecule has 0 aliphatic carbocycles. The summed E-state index contributed by atoms with van der Waals surface area (Å²) in [5, 5.41) is 12.0. The van der Waals surface area contributed by atoms with E-state index < -0.39 is 0 Å². The van der Waals surface area contributed by atoms with Crippen molar-refractivity contribution in [3.63, 3.8) is 0 Å². The van der Waals surface area contributed by atoms with E-state index in [1.165, 1.54) is 38.9 Å². The van der Waals surface area contributed by atoms with Gasteiger partial charge >= 0.3 is 0 Å². The third-order valence-corrected chi connectivity index (χ3v) is 2.67. The zero-order chi connectivity index (χ0) is 9.52. The Morgan fingerprint density at radius 2 is 2.08 bits per heavy atom. The van der Waals surface area contributed by atoms with Crippen LogP contribution in [0.15, 0.2) is 0 Å². The molecular formula is C10H22N2O. The minimum absolute atomic E-state index is 0.259. The number of nitrogens with one attached hydrogen (secondary N) is 1. The number of likely N-dealkylation sites (tertiary alicyclic amines) is 1. The minimum Gasteiger partial charge on any atom is -0.395 e. The number of nitrogens with zero attached hydrogens (tertiary/aromatic N) is 1. The van der Waals surface area contributed by atoms with E-state index in [1.807, 2.05) is 0 Å². The topological polar surface area (TPSA) is 35.5 Å². The molecule has 3 nitrogen and oxygen atoms in total. The lowest BCUT2D eigenvalue weighted by atomic mass is 10.1. The van der Waals surface area contributed by atoms with Crippen LogP contribution < -0.4 is 5.32 Å². The van der Waals surface area contributed by atoms with Gasteiger partial charge in [0.1, 0.15) is 0 Å². The largest absolute Gasteiger partial charge is 0.395 e. The Hall–Kier alpha value is -0.120. The summed E-state index contributed by atoms with van der Waals surface area (Å²) < 4.78 is 0. The monoisotopic (exact) mass is 186 g/mol. The molecule has 1 heterocycles. The van der Waals surface area contributed by atoms with Crippen molar-refractivity contribution in [2.75, 3.05) is 32.8 Å². The highest BCUT2D eigenvalue weighted by Crippen LogP contribution is 2.09. The molecule has 0 aromatic carbocycles. The van der Waals surface area contributed by atoms with Crippen LogP contribution in [0.4, 0.5) is 0 Å². The van der Waals surface area contributed by atoms with Crippen LogP contribution in [0.25, 0.3) is 0 Å². The molecule has 0 radical (unpaired) electrons. The highest BCUT2D eigenvalue weighted by molar-refractivity contribution is 4.76. The Morgan fingerprint density at radius 3 is 2.62 bits per heavy atom. The first-order valence-corrected chi connectivity index (χ1v) is 5.43. The molecule has 0 atom stereocenters. The van der Waals surface area contributed by atoms with E-state index in [4.69, 9.17) is 5.11 Å². The number of hydrogen-bond donors (Lipinski definition) is 2. The molecule has 0 saturated carbocycles. The number of piperidine rings is 1. The van der Waals surface area contributed by atoms with Crippen molar-refractivity contribution >= 4 is 0 Å². The zero-order valence-electron chi connectivity index (χ0n) is 8.63. The van der Waals surface area contributed by atoms with Crippen molar-refractivity contribution in [3.05, 3.63) is 0 Å². The molecule has 0 spiro atoms. The van der Waals surface area contributed by atoms with Crippen LogP contribution in [-0.4, -0.2) is 48.8 Å². The predicted octanol–water partition coefficient (Wildman–Crippen LogP) is 0.443. The van der Waals surface area contributed by atoms with E-state index in [0.717, 1.165) is 6.54 Å². The van der Waals surface area contributed by atoms with Crippen molar-refractivity contribution in [2.24, 2.45) is 0 Å². The summed E-state index contributed by atoms with van der Waals surface area (Å²) in [5.41, 5.74) is 0. The second-order valence-corrected chi connectivity index (χ2v) is 3.79. The zero-order valence-corrected chi connectivity index (χ0v) is 8.63. The fourth-order valence-electron chi connectivity index (χ4n) is 1.95. The number of aliphatic hydroxyl groups excluding tert-OH is 1. The summed E-state index contributed by atoms with van der Waals surface area (Å²) in [6, 6.07) is 0.639. The number of aliphatic hydroxyl groups is 1. The van der Waals surface area contributed by atoms with Gasteiger partial charge in [0.25, 0.3) is 0 Å². The lowest BCUT2D eigenvalue weighted by Crippen LogP contribution is -2.43. The highest BCUT2D eigenvalue weighted by atomic mass is 16.3. The van der Waals surface area contributed by atoms with E-state index in [2.05, 4.69) is 17.1 Å². The second kappa shape index (κ2) is 6.35. The SMILES string of the molecule is CCCN1CCC(NCCO)CC1. The molecule has 2 N–H and O–H groups in total. The Balaban J connectivity index is 2.08. The maximum atomic E-state index is 8.66. The summed E-state index contributed by atoms with van der Waals surface area (Å²) >= 11 is 0. The van der Waals surface area contributed by atoms with Gasteiger partial charge in [-0.3, -0.25) is 0 Å². The smallest absolute Gasteiger partial charge is 0.0556 e. The molecule has 1 rings (SSSR count). The van der Waals surface area contributed by atoms with Gasteiger partial charge in [-0.2, -0.15) is 0 Å². The summed E-state index contributed by atoms with van der Waals surface area (Å²) in [6.45, 7) is 6.92. The first kappa shape index (κ1) is 11.0. The van der Waals surface area contributed by atoms with Crippen LogP contribution in [0.3, 0.4) is 0 Å².